The third kappa shape index (κ3) is 3.21. The van der Waals surface area contributed by atoms with Crippen molar-refractivity contribution in [2.24, 2.45) is 22.7 Å². The SMILES string of the molecule is Cc1cc(N=Cc2cc(C34CC5CC(CC(C5)C3)C4)ccc2O)cc([N+](=O)[O-])c1C. The van der Waals surface area contributed by atoms with E-state index in [-0.39, 0.29) is 21.8 Å². The summed E-state index contributed by atoms with van der Waals surface area (Å²) >= 11 is 0. The molecular weight excluding hydrogens is 376 g/mol. The van der Waals surface area contributed by atoms with Gasteiger partial charge in [0.15, 0.2) is 0 Å². The van der Waals surface area contributed by atoms with Crippen LogP contribution in [0, 0.1) is 41.7 Å². The number of hydrogen-bond acceptors (Lipinski definition) is 4. The van der Waals surface area contributed by atoms with Gasteiger partial charge in [0.05, 0.1) is 10.6 Å². The third-order valence-corrected chi connectivity index (χ3v) is 7.85. The molecule has 0 atom stereocenters. The van der Waals surface area contributed by atoms with Gasteiger partial charge in [-0.25, -0.2) is 0 Å². The van der Waals surface area contributed by atoms with E-state index in [2.05, 4.69) is 17.1 Å². The molecule has 4 aliphatic carbocycles. The van der Waals surface area contributed by atoms with Crippen LogP contribution in [0.4, 0.5) is 11.4 Å². The number of rotatable bonds is 4. The van der Waals surface area contributed by atoms with Gasteiger partial charge in [-0.2, -0.15) is 0 Å². The van der Waals surface area contributed by atoms with Gasteiger partial charge in [-0.1, -0.05) is 6.07 Å². The van der Waals surface area contributed by atoms with Crippen molar-refractivity contribution in [2.45, 2.75) is 57.8 Å². The van der Waals surface area contributed by atoms with Gasteiger partial charge in [-0.15, -0.1) is 0 Å². The van der Waals surface area contributed by atoms with Crippen molar-refractivity contribution < 1.29 is 10.0 Å². The molecule has 0 amide bonds. The quantitative estimate of drug-likeness (QED) is 0.378. The standard InChI is InChI=1S/C25H28N2O3/c1-15-5-22(10-23(16(15)2)27(29)30)26-14-20-9-21(3-4-24(20)28)25-11-17-6-18(12-25)8-19(7-17)13-25/h3-5,9-10,14,17-19,28H,6-8,11-13H2,1-2H3. The molecule has 4 saturated carbocycles. The van der Waals surface area contributed by atoms with Gasteiger partial charge in [0.2, 0.25) is 0 Å². The van der Waals surface area contributed by atoms with Crippen LogP contribution in [-0.2, 0) is 5.41 Å². The summed E-state index contributed by atoms with van der Waals surface area (Å²) in [6, 6.07) is 9.33. The van der Waals surface area contributed by atoms with Crippen LogP contribution in [0.1, 0.15) is 60.8 Å². The number of benzene rings is 2. The highest BCUT2D eigenvalue weighted by Crippen LogP contribution is 2.60. The fourth-order valence-corrected chi connectivity index (χ4v) is 6.68. The van der Waals surface area contributed by atoms with Gasteiger partial charge in [-0.3, -0.25) is 15.1 Å². The Morgan fingerprint density at radius 1 is 1.07 bits per heavy atom. The van der Waals surface area contributed by atoms with Gasteiger partial charge in [0.25, 0.3) is 5.69 Å². The van der Waals surface area contributed by atoms with Gasteiger partial charge in [0, 0.05) is 23.4 Å². The summed E-state index contributed by atoms with van der Waals surface area (Å²) in [6.07, 6.45) is 9.65. The zero-order valence-corrected chi connectivity index (χ0v) is 17.6. The molecule has 5 nitrogen and oxygen atoms in total. The van der Waals surface area contributed by atoms with Crippen LogP contribution < -0.4 is 0 Å². The molecule has 4 aliphatic rings. The molecule has 156 valence electrons. The average molecular weight is 405 g/mol. The second kappa shape index (κ2) is 6.93. The second-order valence-corrected chi connectivity index (χ2v) is 9.89. The molecule has 30 heavy (non-hydrogen) atoms. The van der Waals surface area contributed by atoms with Crippen LogP contribution in [0.25, 0.3) is 0 Å². The molecule has 0 saturated heterocycles. The van der Waals surface area contributed by atoms with Crippen molar-refractivity contribution >= 4 is 17.6 Å². The Morgan fingerprint density at radius 2 is 1.70 bits per heavy atom. The molecule has 2 aromatic carbocycles. The Bertz CT molecular complexity index is 1020. The summed E-state index contributed by atoms with van der Waals surface area (Å²) in [5.74, 6) is 2.78. The predicted octanol–water partition coefficient (Wildman–Crippen LogP) is 6.14. The van der Waals surface area contributed by atoms with Crippen molar-refractivity contribution in [1.82, 2.24) is 0 Å². The topological polar surface area (TPSA) is 75.7 Å². The minimum atomic E-state index is -0.369. The number of nitro benzene ring substituents is 1. The van der Waals surface area contributed by atoms with Crippen LogP contribution in [0.15, 0.2) is 35.3 Å². The van der Waals surface area contributed by atoms with Crippen LogP contribution in [0.2, 0.25) is 0 Å². The molecule has 0 unspecified atom stereocenters. The lowest BCUT2D eigenvalue weighted by Gasteiger charge is -2.57. The normalized spacial score (nSPS) is 29.6. The first-order chi connectivity index (χ1) is 14.3. The summed E-state index contributed by atoms with van der Waals surface area (Å²) in [4.78, 5) is 15.4. The van der Waals surface area contributed by atoms with Gasteiger partial charge in [-0.05, 0) is 105 Å². The number of aryl methyl sites for hydroxylation is 1. The van der Waals surface area contributed by atoms with E-state index in [1.807, 2.05) is 13.0 Å². The number of nitro groups is 1. The van der Waals surface area contributed by atoms with Crippen molar-refractivity contribution in [3.05, 3.63) is 62.7 Å². The van der Waals surface area contributed by atoms with Gasteiger partial charge < -0.3 is 5.11 Å². The summed E-state index contributed by atoms with van der Waals surface area (Å²) in [5, 5.41) is 21.8. The van der Waals surface area contributed by atoms with E-state index in [4.69, 9.17) is 0 Å². The molecule has 2 aromatic rings. The monoisotopic (exact) mass is 404 g/mol. The van der Waals surface area contributed by atoms with E-state index in [9.17, 15) is 15.2 Å². The highest BCUT2D eigenvalue weighted by atomic mass is 16.6. The zero-order valence-electron chi connectivity index (χ0n) is 17.6. The van der Waals surface area contributed by atoms with Crippen LogP contribution >= 0.6 is 0 Å². The number of nitrogens with zero attached hydrogens (tertiary/aromatic N) is 2. The minimum Gasteiger partial charge on any atom is -0.507 e. The highest BCUT2D eigenvalue weighted by Gasteiger charge is 2.51. The van der Waals surface area contributed by atoms with E-state index in [1.165, 1.54) is 50.2 Å². The fraction of sp³-hybridized carbons (Fsp3) is 0.480. The lowest BCUT2D eigenvalue weighted by Crippen LogP contribution is -2.48. The highest BCUT2D eigenvalue weighted by molar-refractivity contribution is 5.86. The number of hydrogen-bond donors (Lipinski definition) is 1. The Kier molecular flexibility index (Phi) is 4.46. The maximum atomic E-state index is 11.3. The first kappa shape index (κ1) is 19.3. The van der Waals surface area contributed by atoms with Crippen LogP contribution in [0.3, 0.4) is 0 Å². The summed E-state index contributed by atoms with van der Waals surface area (Å²) in [5.41, 5.74) is 4.37. The Labute approximate surface area is 177 Å². The van der Waals surface area contributed by atoms with E-state index in [0.29, 0.717) is 16.8 Å². The average Bonchev–Trinajstić information content (AvgIpc) is 2.68. The summed E-state index contributed by atoms with van der Waals surface area (Å²) in [7, 11) is 0. The number of phenols is 1. The molecule has 5 heteroatoms. The maximum Gasteiger partial charge on any atom is 0.274 e. The molecular formula is C25H28N2O3. The Balaban J connectivity index is 1.47. The number of phenolic OH excluding ortho intramolecular Hbond substituents is 1. The lowest BCUT2D eigenvalue weighted by atomic mass is 9.48. The lowest BCUT2D eigenvalue weighted by molar-refractivity contribution is -0.385. The van der Waals surface area contributed by atoms with E-state index in [0.717, 1.165) is 23.3 Å². The van der Waals surface area contributed by atoms with Crippen molar-refractivity contribution in [2.75, 3.05) is 0 Å². The summed E-state index contributed by atoms with van der Waals surface area (Å²) < 4.78 is 0. The van der Waals surface area contributed by atoms with Crippen molar-refractivity contribution in [3.8, 4) is 5.75 Å². The van der Waals surface area contributed by atoms with Crippen LogP contribution in [-0.4, -0.2) is 16.2 Å². The summed E-state index contributed by atoms with van der Waals surface area (Å²) in [6.45, 7) is 3.61. The Hall–Kier alpha value is -2.69. The zero-order chi connectivity index (χ0) is 21.0. The first-order valence-electron chi connectivity index (χ1n) is 11.0. The Morgan fingerprint density at radius 3 is 2.30 bits per heavy atom. The first-order valence-corrected chi connectivity index (χ1v) is 11.0. The largest absolute Gasteiger partial charge is 0.507 e. The van der Waals surface area contributed by atoms with E-state index >= 15 is 0 Å². The third-order valence-electron chi connectivity index (χ3n) is 7.85. The molecule has 4 bridgehead atoms. The molecule has 0 radical (unpaired) electrons. The number of aromatic hydroxyl groups is 1. The molecule has 0 aliphatic heterocycles. The number of aliphatic imine (C=N–C) groups is 1. The van der Waals surface area contributed by atoms with Crippen molar-refractivity contribution in [3.63, 3.8) is 0 Å². The predicted molar refractivity (Wildman–Crippen MR) is 118 cm³/mol. The fourth-order valence-electron chi connectivity index (χ4n) is 6.68. The smallest absolute Gasteiger partial charge is 0.274 e. The molecule has 0 spiro atoms. The molecule has 0 aromatic heterocycles. The van der Waals surface area contributed by atoms with Gasteiger partial charge >= 0.3 is 0 Å². The van der Waals surface area contributed by atoms with E-state index in [1.54, 1.807) is 19.2 Å². The molecule has 6 rings (SSSR count). The second-order valence-electron chi connectivity index (χ2n) is 9.89. The molecule has 0 heterocycles. The molecule has 4 fully saturated rings. The van der Waals surface area contributed by atoms with Crippen LogP contribution in [0.5, 0.6) is 5.75 Å². The van der Waals surface area contributed by atoms with Gasteiger partial charge in [0.1, 0.15) is 5.75 Å². The molecule has 1 N–H and O–H groups in total. The maximum absolute atomic E-state index is 11.3. The van der Waals surface area contributed by atoms with E-state index < -0.39 is 0 Å². The minimum absolute atomic E-state index is 0.0775. The van der Waals surface area contributed by atoms with Crippen molar-refractivity contribution in [1.29, 1.82) is 0 Å².